The molecule has 0 saturated carbocycles. The molecular weight excluding hydrogens is 230 g/mol. The Morgan fingerprint density at radius 3 is 2.80 bits per heavy atom. The van der Waals surface area contributed by atoms with Crippen molar-refractivity contribution in [2.24, 2.45) is 0 Å². The smallest absolute Gasteiger partial charge is 0.225 e. The molecule has 0 saturated heterocycles. The molecule has 0 N–H and O–H groups in total. The van der Waals surface area contributed by atoms with E-state index in [-0.39, 0.29) is 0 Å². The Kier molecular flexibility index (Phi) is 5.47. The van der Waals surface area contributed by atoms with E-state index in [0.29, 0.717) is 10.5 Å². The SMILES string of the molecule is CCCc1nnc(Cl)n1CCC(C)SC. The van der Waals surface area contributed by atoms with E-state index in [9.17, 15) is 0 Å². The van der Waals surface area contributed by atoms with Crippen LogP contribution in [0.25, 0.3) is 0 Å². The summed E-state index contributed by atoms with van der Waals surface area (Å²) in [6, 6.07) is 0. The Balaban J connectivity index is 2.61. The number of nitrogens with zero attached hydrogens (tertiary/aromatic N) is 3. The van der Waals surface area contributed by atoms with Crippen molar-refractivity contribution in [3.05, 3.63) is 11.1 Å². The maximum Gasteiger partial charge on any atom is 0.225 e. The molecule has 1 unspecified atom stereocenters. The van der Waals surface area contributed by atoms with Gasteiger partial charge in [-0.15, -0.1) is 10.2 Å². The summed E-state index contributed by atoms with van der Waals surface area (Å²) in [5.74, 6) is 1.01. The molecule has 86 valence electrons. The minimum absolute atomic E-state index is 0.520. The van der Waals surface area contributed by atoms with Gasteiger partial charge in [-0.2, -0.15) is 11.8 Å². The van der Waals surface area contributed by atoms with E-state index in [1.54, 1.807) is 0 Å². The molecule has 0 aliphatic rings. The predicted octanol–water partition coefficient (Wildman–Crippen LogP) is 3.03. The molecule has 0 amide bonds. The topological polar surface area (TPSA) is 30.7 Å². The van der Waals surface area contributed by atoms with E-state index in [0.717, 1.165) is 31.6 Å². The van der Waals surface area contributed by atoms with Gasteiger partial charge in [0.1, 0.15) is 5.82 Å². The van der Waals surface area contributed by atoms with Gasteiger partial charge in [0.05, 0.1) is 0 Å². The lowest BCUT2D eigenvalue weighted by atomic mass is 10.3. The van der Waals surface area contributed by atoms with E-state index in [1.807, 2.05) is 16.3 Å². The summed E-state index contributed by atoms with van der Waals surface area (Å²) < 4.78 is 2.03. The molecular formula is C10H18ClN3S. The van der Waals surface area contributed by atoms with Crippen molar-refractivity contribution in [1.82, 2.24) is 14.8 Å². The van der Waals surface area contributed by atoms with E-state index in [2.05, 4.69) is 30.3 Å². The van der Waals surface area contributed by atoms with Crippen LogP contribution in [-0.2, 0) is 13.0 Å². The average molecular weight is 248 g/mol. The van der Waals surface area contributed by atoms with Crippen LogP contribution < -0.4 is 0 Å². The van der Waals surface area contributed by atoms with Gasteiger partial charge in [-0.05, 0) is 30.7 Å². The zero-order chi connectivity index (χ0) is 11.3. The van der Waals surface area contributed by atoms with E-state index < -0.39 is 0 Å². The Hall–Kier alpha value is -0.220. The van der Waals surface area contributed by atoms with Gasteiger partial charge in [0.2, 0.25) is 5.28 Å². The fourth-order valence-electron chi connectivity index (χ4n) is 1.37. The van der Waals surface area contributed by atoms with Crippen LogP contribution in [0.1, 0.15) is 32.5 Å². The minimum Gasteiger partial charge on any atom is -0.302 e. The largest absolute Gasteiger partial charge is 0.302 e. The van der Waals surface area contributed by atoms with Gasteiger partial charge in [0.25, 0.3) is 0 Å². The molecule has 1 aromatic rings. The first-order valence-electron chi connectivity index (χ1n) is 5.29. The van der Waals surface area contributed by atoms with E-state index in [4.69, 9.17) is 11.6 Å². The lowest BCUT2D eigenvalue weighted by Crippen LogP contribution is -2.08. The highest BCUT2D eigenvalue weighted by Crippen LogP contribution is 2.15. The second-order valence-corrected chi connectivity index (χ2v) is 5.24. The Bertz CT molecular complexity index is 301. The summed E-state index contributed by atoms with van der Waals surface area (Å²) in [6.45, 7) is 5.28. The van der Waals surface area contributed by atoms with Gasteiger partial charge in [-0.3, -0.25) is 0 Å². The number of halogens is 1. The second-order valence-electron chi connectivity index (χ2n) is 3.62. The zero-order valence-electron chi connectivity index (χ0n) is 9.53. The second kappa shape index (κ2) is 6.38. The minimum atomic E-state index is 0.520. The molecule has 0 spiro atoms. The highest BCUT2D eigenvalue weighted by atomic mass is 35.5. The van der Waals surface area contributed by atoms with Crippen LogP contribution in [0.5, 0.6) is 0 Å². The van der Waals surface area contributed by atoms with Crippen molar-refractivity contribution in [3.8, 4) is 0 Å². The van der Waals surface area contributed by atoms with E-state index >= 15 is 0 Å². The van der Waals surface area contributed by atoms with Crippen molar-refractivity contribution in [2.75, 3.05) is 6.26 Å². The lowest BCUT2D eigenvalue weighted by Gasteiger charge is -2.10. The number of aryl methyl sites for hydroxylation is 1. The maximum atomic E-state index is 5.99. The monoisotopic (exact) mass is 247 g/mol. The van der Waals surface area contributed by atoms with Crippen LogP contribution >= 0.6 is 23.4 Å². The average Bonchev–Trinajstić information content (AvgIpc) is 2.57. The highest BCUT2D eigenvalue weighted by Gasteiger charge is 2.10. The quantitative estimate of drug-likeness (QED) is 0.774. The lowest BCUT2D eigenvalue weighted by molar-refractivity contribution is 0.605. The van der Waals surface area contributed by atoms with Gasteiger partial charge in [-0.1, -0.05) is 13.8 Å². The number of hydrogen-bond acceptors (Lipinski definition) is 3. The molecule has 5 heteroatoms. The van der Waals surface area contributed by atoms with Crippen molar-refractivity contribution >= 4 is 23.4 Å². The molecule has 1 aromatic heterocycles. The summed E-state index contributed by atoms with van der Waals surface area (Å²) in [7, 11) is 0. The molecule has 0 aliphatic heterocycles. The Morgan fingerprint density at radius 2 is 2.20 bits per heavy atom. The van der Waals surface area contributed by atoms with Gasteiger partial charge in [-0.25, -0.2) is 0 Å². The van der Waals surface area contributed by atoms with Crippen LogP contribution in [0.4, 0.5) is 0 Å². The summed E-state index contributed by atoms with van der Waals surface area (Å²) in [6.07, 6.45) is 5.27. The third kappa shape index (κ3) is 3.68. The number of hydrogen-bond donors (Lipinski definition) is 0. The highest BCUT2D eigenvalue weighted by molar-refractivity contribution is 7.99. The third-order valence-electron chi connectivity index (χ3n) is 2.42. The fourth-order valence-corrected chi connectivity index (χ4v) is 1.93. The van der Waals surface area contributed by atoms with Crippen LogP contribution in [0.15, 0.2) is 0 Å². The molecule has 0 aliphatic carbocycles. The Labute approximate surface area is 101 Å². The molecule has 1 atom stereocenters. The maximum absolute atomic E-state index is 5.99. The van der Waals surface area contributed by atoms with Gasteiger partial charge >= 0.3 is 0 Å². The summed E-state index contributed by atoms with van der Waals surface area (Å²) in [4.78, 5) is 0. The van der Waals surface area contributed by atoms with Crippen molar-refractivity contribution in [1.29, 1.82) is 0 Å². The Morgan fingerprint density at radius 1 is 1.47 bits per heavy atom. The number of aromatic nitrogens is 3. The van der Waals surface area contributed by atoms with Crippen molar-refractivity contribution in [3.63, 3.8) is 0 Å². The number of rotatable bonds is 6. The van der Waals surface area contributed by atoms with Gasteiger partial charge in [0, 0.05) is 18.2 Å². The zero-order valence-corrected chi connectivity index (χ0v) is 11.1. The van der Waals surface area contributed by atoms with E-state index in [1.165, 1.54) is 0 Å². The van der Waals surface area contributed by atoms with Crippen LogP contribution in [0.2, 0.25) is 5.28 Å². The molecule has 0 fully saturated rings. The van der Waals surface area contributed by atoms with Crippen molar-refractivity contribution in [2.45, 2.75) is 44.9 Å². The molecule has 0 bridgehead atoms. The van der Waals surface area contributed by atoms with Crippen molar-refractivity contribution < 1.29 is 0 Å². The van der Waals surface area contributed by atoms with Gasteiger partial charge < -0.3 is 4.57 Å². The first kappa shape index (κ1) is 12.8. The number of thioether (sulfide) groups is 1. The van der Waals surface area contributed by atoms with Gasteiger partial charge in [0.15, 0.2) is 0 Å². The molecule has 15 heavy (non-hydrogen) atoms. The van der Waals surface area contributed by atoms with Crippen LogP contribution in [-0.4, -0.2) is 26.3 Å². The summed E-state index contributed by atoms with van der Waals surface area (Å²) in [5, 5.41) is 9.17. The van der Waals surface area contributed by atoms with Crippen LogP contribution in [0, 0.1) is 0 Å². The predicted molar refractivity (Wildman–Crippen MR) is 66.6 cm³/mol. The molecule has 0 aromatic carbocycles. The third-order valence-corrected chi connectivity index (χ3v) is 3.74. The molecule has 3 nitrogen and oxygen atoms in total. The van der Waals surface area contributed by atoms with Crippen LogP contribution in [0.3, 0.4) is 0 Å². The summed E-state index contributed by atoms with van der Waals surface area (Å²) in [5.41, 5.74) is 0. The summed E-state index contributed by atoms with van der Waals surface area (Å²) >= 11 is 7.86. The first-order chi connectivity index (χ1) is 7.19. The molecule has 1 rings (SSSR count). The first-order valence-corrected chi connectivity index (χ1v) is 6.96. The fraction of sp³-hybridized carbons (Fsp3) is 0.800. The molecule has 0 radical (unpaired) electrons. The molecule has 1 heterocycles. The normalized spacial score (nSPS) is 13.1. The standard InChI is InChI=1S/C10H18ClN3S/c1-4-5-9-12-13-10(11)14(9)7-6-8(2)15-3/h8H,4-7H2,1-3H3.